The molecule has 1 aliphatic rings. The van der Waals surface area contributed by atoms with Crippen LogP contribution in [0.15, 0.2) is 21.3 Å². The van der Waals surface area contributed by atoms with Crippen molar-refractivity contribution < 1.29 is 4.79 Å². The highest BCUT2D eigenvalue weighted by molar-refractivity contribution is 9.10. The Labute approximate surface area is 164 Å². The van der Waals surface area contributed by atoms with Gasteiger partial charge in [-0.15, -0.1) is 47.5 Å². The summed E-state index contributed by atoms with van der Waals surface area (Å²) >= 11 is 6.61. The number of aromatic nitrogens is 1. The Kier molecular flexibility index (Phi) is 8.47. The quantitative estimate of drug-likeness (QED) is 0.745. The number of piperidine rings is 1. The third kappa shape index (κ3) is 4.90. The monoisotopic (exact) mass is 457 g/mol. The predicted molar refractivity (Wildman–Crippen MR) is 106 cm³/mol. The van der Waals surface area contributed by atoms with E-state index in [1.165, 1.54) is 11.3 Å². The van der Waals surface area contributed by atoms with E-state index in [9.17, 15) is 4.79 Å². The Morgan fingerprint density at radius 2 is 2.00 bits per heavy atom. The smallest absolute Gasteiger partial charge is 0.273 e. The molecule has 1 amide bonds. The molecule has 0 aromatic carbocycles. The number of carbonyl (C=O) groups is 1. The molecule has 0 radical (unpaired) electrons. The number of thiophene rings is 1. The summed E-state index contributed by atoms with van der Waals surface area (Å²) in [4.78, 5) is 20.0. The van der Waals surface area contributed by atoms with Crippen LogP contribution in [0.3, 0.4) is 0 Å². The maximum Gasteiger partial charge on any atom is 0.273 e. The van der Waals surface area contributed by atoms with Gasteiger partial charge in [0.15, 0.2) is 0 Å². The summed E-state index contributed by atoms with van der Waals surface area (Å²) in [5.74, 6) is 0.0580. The van der Waals surface area contributed by atoms with Gasteiger partial charge in [0.25, 0.3) is 5.91 Å². The second-order valence-corrected chi connectivity index (χ2v) is 7.71. The first-order valence-corrected chi connectivity index (χ1v) is 9.39. The molecule has 0 bridgehead atoms. The molecule has 2 aromatic heterocycles. The number of hydrogen-bond donors (Lipinski definition) is 1. The van der Waals surface area contributed by atoms with Crippen molar-refractivity contribution in [1.82, 2.24) is 15.2 Å². The third-order valence-corrected chi connectivity index (χ3v) is 6.39. The fraction of sp³-hybridized carbons (Fsp3) is 0.429. The molecule has 0 spiro atoms. The topological polar surface area (TPSA) is 45.2 Å². The number of likely N-dealkylation sites (tertiary alicyclic amines) is 1. The summed E-state index contributed by atoms with van der Waals surface area (Å²) in [6.45, 7) is 1.61. The van der Waals surface area contributed by atoms with E-state index in [0.29, 0.717) is 11.7 Å². The zero-order chi connectivity index (χ0) is 14.8. The molecule has 3 rings (SSSR count). The molecular weight excluding hydrogens is 441 g/mol. The van der Waals surface area contributed by atoms with Crippen LogP contribution < -0.4 is 5.32 Å². The van der Waals surface area contributed by atoms with E-state index in [-0.39, 0.29) is 30.7 Å². The van der Waals surface area contributed by atoms with Crippen molar-refractivity contribution in [2.45, 2.75) is 18.9 Å². The molecule has 1 saturated heterocycles. The second kappa shape index (κ2) is 9.34. The molecule has 0 atom stereocenters. The third-order valence-electron chi connectivity index (χ3n) is 3.69. The average molecular weight is 459 g/mol. The van der Waals surface area contributed by atoms with Gasteiger partial charge < -0.3 is 10.2 Å². The van der Waals surface area contributed by atoms with E-state index in [2.05, 4.69) is 26.2 Å². The zero-order valence-corrected chi connectivity index (χ0v) is 17.3. The summed E-state index contributed by atoms with van der Waals surface area (Å²) in [5, 5.41) is 8.09. The Bertz CT molecular complexity index is 642. The van der Waals surface area contributed by atoms with Gasteiger partial charge in [0.05, 0.1) is 4.88 Å². The minimum atomic E-state index is 0. The lowest BCUT2D eigenvalue weighted by Crippen LogP contribution is -2.44. The van der Waals surface area contributed by atoms with Gasteiger partial charge in [-0.05, 0) is 41.9 Å². The molecule has 1 N–H and O–H groups in total. The number of nitrogens with zero attached hydrogens (tertiary/aromatic N) is 2. The number of rotatable bonds is 3. The van der Waals surface area contributed by atoms with Gasteiger partial charge in [0.2, 0.25) is 0 Å². The van der Waals surface area contributed by atoms with Crippen LogP contribution in [-0.4, -0.2) is 42.0 Å². The first-order valence-electron chi connectivity index (χ1n) is 6.84. The number of thiazole rings is 1. The summed E-state index contributed by atoms with van der Waals surface area (Å²) in [7, 11) is 1.98. The van der Waals surface area contributed by atoms with Gasteiger partial charge in [-0.2, -0.15) is 0 Å². The van der Waals surface area contributed by atoms with Crippen LogP contribution in [0.2, 0.25) is 0 Å². The number of amides is 1. The minimum Gasteiger partial charge on any atom is -0.337 e. The molecule has 0 unspecified atom stereocenters. The number of nitrogens with one attached hydrogen (secondary N) is 1. The van der Waals surface area contributed by atoms with Crippen molar-refractivity contribution in [3.8, 4) is 9.88 Å². The van der Waals surface area contributed by atoms with Crippen molar-refractivity contribution in [3.63, 3.8) is 0 Å². The zero-order valence-electron chi connectivity index (χ0n) is 12.5. The number of halogens is 3. The fourth-order valence-corrected chi connectivity index (χ4v) is 4.75. The predicted octanol–water partition coefficient (Wildman–Crippen LogP) is 4.30. The molecule has 4 nitrogen and oxygen atoms in total. The summed E-state index contributed by atoms with van der Waals surface area (Å²) in [6.07, 6.45) is 2.02. The summed E-state index contributed by atoms with van der Waals surface area (Å²) < 4.78 is 1.06. The van der Waals surface area contributed by atoms with Gasteiger partial charge >= 0.3 is 0 Å². The van der Waals surface area contributed by atoms with Crippen LogP contribution in [-0.2, 0) is 0 Å². The fourth-order valence-electron chi connectivity index (χ4n) is 2.44. The maximum absolute atomic E-state index is 12.5. The van der Waals surface area contributed by atoms with Crippen LogP contribution in [0.25, 0.3) is 9.88 Å². The van der Waals surface area contributed by atoms with Gasteiger partial charge in [-0.3, -0.25) is 4.79 Å². The molecule has 9 heteroatoms. The van der Waals surface area contributed by atoms with Gasteiger partial charge in [0, 0.05) is 34.4 Å². The molecule has 1 fully saturated rings. The van der Waals surface area contributed by atoms with E-state index in [0.717, 1.165) is 40.3 Å². The highest BCUT2D eigenvalue weighted by atomic mass is 79.9. The molecule has 23 heavy (non-hydrogen) atoms. The lowest BCUT2D eigenvalue weighted by Gasteiger charge is -2.31. The minimum absolute atomic E-state index is 0. The van der Waals surface area contributed by atoms with Crippen LogP contribution in [0.5, 0.6) is 0 Å². The van der Waals surface area contributed by atoms with Crippen molar-refractivity contribution in [2.24, 2.45) is 0 Å². The maximum atomic E-state index is 12.5. The Hall–Kier alpha value is -0.180. The van der Waals surface area contributed by atoms with Gasteiger partial charge in [-0.1, -0.05) is 0 Å². The Balaban J connectivity index is 0.00000132. The van der Waals surface area contributed by atoms with Crippen molar-refractivity contribution in [1.29, 1.82) is 0 Å². The molecule has 128 valence electrons. The van der Waals surface area contributed by atoms with Crippen molar-refractivity contribution >= 4 is 69.3 Å². The van der Waals surface area contributed by atoms with Crippen molar-refractivity contribution in [3.05, 3.63) is 27.0 Å². The molecule has 1 aliphatic heterocycles. The largest absolute Gasteiger partial charge is 0.337 e. The van der Waals surface area contributed by atoms with E-state index < -0.39 is 0 Å². The highest BCUT2D eigenvalue weighted by Gasteiger charge is 2.24. The van der Waals surface area contributed by atoms with Gasteiger partial charge in [0.1, 0.15) is 10.7 Å². The summed E-state index contributed by atoms with van der Waals surface area (Å²) in [6, 6.07) is 2.57. The average Bonchev–Trinajstić information content (AvgIpc) is 3.15. The van der Waals surface area contributed by atoms with Crippen LogP contribution >= 0.6 is 63.4 Å². The SMILES string of the molecule is CNC1CCN(C(=O)c2csc(-c3cc(Br)cs3)n2)CC1.Cl.Cl. The first kappa shape index (κ1) is 20.9. The lowest BCUT2D eigenvalue weighted by molar-refractivity contribution is 0.0702. The van der Waals surface area contributed by atoms with Crippen LogP contribution in [0, 0.1) is 0 Å². The molecule has 3 heterocycles. The van der Waals surface area contributed by atoms with Crippen molar-refractivity contribution in [2.75, 3.05) is 20.1 Å². The Morgan fingerprint density at radius 1 is 1.30 bits per heavy atom. The first-order chi connectivity index (χ1) is 10.2. The Morgan fingerprint density at radius 3 is 2.57 bits per heavy atom. The van der Waals surface area contributed by atoms with E-state index in [4.69, 9.17) is 0 Å². The number of carbonyl (C=O) groups excluding carboxylic acids is 1. The lowest BCUT2D eigenvalue weighted by atomic mass is 10.1. The highest BCUT2D eigenvalue weighted by Crippen LogP contribution is 2.32. The van der Waals surface area contributed by atoms with E-state index in [1.807, 2.05) is 28.8 Å². The van der Waals surface area contributed by atoms with E-state index in [1.54, 1.807) is 11.3 Å². The molecule has 0 saturated carbocycles. The normalized spacial score (nSPS) is 15.0. The number of hydrogen-bond acceptors (Lipinski definition) is 5. The van der Waals surface area contributed by atoms with Gasteiger partial charge in [-0.25, -0.2) is 4.98 Å². The van der Waals surface area contributed by atoms with Crippen LogP contribution in [0.4, 0.5) is 0 Å². The molecule has 0 aliphatic carbocycles. The summed E-state index contributed by atoms with van der Waals surface area (Å²) in [5.41, 5.74) is 0.572. The van der Waals surface area contributed by atoms with E-state index >= 15 is 0 Å². The molecular formula is C14H18BrCl2N3OS2. The second-order valence-electron chi connectivity index (χ2n) is 5.02. The standard InChI is InChI=1S/C14H16BrN3OS2.2ClH/c1-16-10-2-4-18(5-3-10)14(19)11-8-21-13(17-11)12-6-9(15)7-20-12;;/h6-8,10,16H,2-5H2,1H3;2*1H. The molecule has 2 aromatic rings. The van der Waals surface area contributed by atoms with Crippen LogP contribution in [0.1, 0.15) is 23.3 Å².